The highest BCUT2D eigenvalue weighted by Gasteiger charge is 2.38. The number of aromatic carboxylic acids is 1. The number of nitrogens with one attached hydrogen (secondary N) is 1. The number of carboxylic acid groups (broad SMARTS) is 1. The summed E-state index contributed by atoms with van der Waals surface area (Å²) in [5, 5.41) is 11.8. The first kappa shape index (κ1) is 13.1. The van der Waals surface area contributed by atoms with Gasteiger partial charge in [0.25, 0.3) is 0 Å². The molecule has 0 bridgehead atoms. The molecule has 7 nitrogen and oxygen atoms in total. The van der Waals surface area contributed by atoms with Crippen LogP contribution in [0, 0.1) is 0 Å². The molecule has 0 spiro atoms. The number of aromatic nitrogens is 1. The van der Waals surface area contributed by atoms with Crippen LogP contribution in [0.25, 0.3) is 0 Å². The van der Waals surface area contributed by atoms with E-state index >= 15 is 0 Å². The van der Waals surface area contributed by atoms with Crippen LogP contribution in [-0.2, 0) is 4.79 Å². The number of carbonyl (C=O) groups excluding carboxylic acids is 1. The van der Waals surface area contributed by atoms with Gasteiger partial charge in [0, 0.05) is 13.1 Å². The van der Waals surface area contributed by atoms with Crippen molar-refractivity contribution in [3.63, 3.8) is 0 Å². The van der Waals surface area contributed by atoms with Gasteiger partial charge in [-0.1, -0.05) is 0 Å². The summed E-state index contributed by atoms with van der Waals surface area (Å²) >= 11 is 0. The largest absolute Gasteiger partial charge is 0.478 e. The van der Waals surface area contributed by atoms with Crippen LogP contribution in [-0.4, -0.2) is 40.6 Å². The lowest BCUT2D eigenvalue weighted by atomic mass is 9.98. The van der Waals surface area contributed by atoms with Crippen LogP contribution in [0.15, 0.2) is 12.3 Å². The number of hydrogen-bond acceptors (Lipinski definition) is 5. The van der Waals surface area contributed by atoms with Crippen LogP contribution in [0.2, 0.25) is 0 Å². The zero-order chi connectivity index (χ0) is 14.2. The van der Waals surface area contributed by atoms with Crippen molar-refractivity contribution in [2.75, 3.05) is 23.7 Å². The Labute approximate surface area is 110 Å². The lowest BCUT2D eigenvalue weighted by Crippen LogP contribution is -2.62. The molecule has 1 aromatic rings. The fraction of sp³-hybridized carbons (Fsp3) is 0.417. The van der Waals surface area contributed by atoms with Crippen molar-refractivity contribution >= 4 is 23.4 Å². The summed E-state index contributed by atoms with van der Waals surface area (Å²) < 4.78 is 0. The Kier molecular flexibility index (Phi) is 3.05. The van der Waals surface area contributed by atoms with E-state index in [1.807, 2.05) is 0 Å². The maximum absolute atomic E-state index is 11.9. The van der Waals surface area contributed by atoms with E-state index in [2.05, 4.69) is 10.3 Å². The quantitative estimate of drug-likeness (QED) is 0.698. The summed E-state index contributed by atoms with van der Waals surface area (Å²) in [5.74, 6) is -0.791. The standard InChI is InChI=1S/C12H16N4O3/c1-12(2)11(19)14-3-4-16(12)9-5-7(10(17)18)8(13)6-15-9/h5-6H,3-4,13H2,1-2H3,(H,14,19)(H,17,18). The highest BCUT2D eigenvalue weighted by molar-refractivity contribution is 5.95. The van der Waals surface area contributed by atoms with Gasteiger partial charge in [0.1, 0.15) is 11.4 Å². The molecule has 0 atom stereocenters. The van der Waals surface area contributed by atoms with E-state index in [0.717, 1.165) is 0 Å². The van der Waals surface area contributed by atoms with Crippen molar-refractivity contribution < 1.29 is 14.7 Å². The molecule has 1 aromatic heterocycles. The molecule has 2 rings (SSSR count). The van der Waals surface area contributed by atoms with Crippen LogP contribution in [0.3, 0.4) is 0 Å². The fourth-order valence-electron chi connectivity index (χ4n) is 2.09. The molecular formula is C12H16N4O3. The lowest BCUT2D eigenvalue weighted by Gasteiger charge is -2.42. The van der Waals surface area contributed by atoms with Crippen molar-refractivity contribution in [3.05, 3.63) is 17.8 Å². The summed E-state index contributed by atoms with van der Waals surface area (Å²) in [6, 6.07) is 1.40. The molecule has 19 heavy (non-hydrogen) atoms. The van der Waals surface area contributed by atoms with Gasteiger partial charge >= 0.3 is 5.97 Å². The second kappa shape index (κ2) is 4.42. The van der Waals surface area contributed by atoms with Gasteiger partial charge in [0.15, 0.2) is 0 Å². The Morgan fingerprint density at radius 1 is 1.58 bits per heavy atom. The number of piperazine rings is 1. The first-order chi connectivity index (χ1) is 8.84. The lowest BCUT2D eigenvalue weighted by molar-refractivity contribution is -0.126. The minimum absolute atomic E-state index is 0.00761. The van der Waals surface area contributed by atoms with Crippen molar-refractivity contribution in [2.45, 2.75) is 19.4 Å². The number of nitrogens with zero attached hydrogens (tertiary/aromatic N) is 2. The number of anilines is 2. The highest BCUT2D eigenvalue weighted by atomic mass is 16.4. The number of hydrogen-bond donors (Lipinski definition) is 3. The summed E-state index contributed by atoms with van der Waals surface area (Å²) in [6.45, 7) is 4.59. The normalized spacial score (nSPS) is 18.0. The first-order valence-electron chi connectivity index (χ1n) is 5.89. The summed E-state index contributed by atoms with van der Waals surface area (Å²) in [5.41, 5.74) is 4.89. The molecule has 2 heterocycles. The topological polar surface area (TPSA) is 109 Å². The molecule has 1 fully saturated rings. The van der Waals surface area contributed by atoms with Gasteiger partial charge in [-0.05, 0) is 19.9 Å². The average molecular weight is 264 g/mol. The SMILES string of the molecule is CC1(C)C(=O)NCCN1c1cc(C(=O)O)c(N)cn1. The van der Waals surface area contributed by atoms with E-state index in [1.165, 1.54) is 12.3 Å². The highest BCUT2D eigenvalue weighted by Crippen LogP contribution is 2.26. The number of carbonyl (C=O) groups is 2. The molecule has 1 amide bonds. The number of rotatable bonds is 2. The monoisotopic (exact) mass is 264 g/mol. The van der Waals surface area contributed by atoms with E-state index in [0.29, 0.717) is 18.9 Å². The van der Waals surface area contributed by atoms with E-state index < -0.39 is 11.5 Å². The molecule has 0 unspecified atom stereocenters. The van der Waals surface area contributed by atoms with Crippen molar-refractivity contribution in [3.8, 4) is 0 Å². The third-order valence-corrected chi connectivity index (χ3v) is 3.28. The van der Waals surface area contributed by atoms with E-state index in [9.17, 15) is 9.59 Å². The summed E-state index contributed by atoms with van der Waals surface area (Å²) in [4.78, 5) is 28.8. The second-order valence-corrected chi connectivity index (χ2v) is 4.90. The smallest absolute Gasteiger partial charge is 0.337 e. The first-order valence-corrected chi connectivity index (χ1v) is 5.89. The molecular weight excluding hydrogens is 248 g/mol. The maximum Gasteiger partial charge on any atom is 0.337 e. The number of pyridine rings is 1. The second-order valence-electron chi connectivity index (χ2n) is 4.90. The molecule has 0 radical (unpaired) electrons. The average Bonchev–Trinajstić information content (AvgIpc) is 2.33. The minimum atomic E-state index is -1.11. The van der Waals surface area contributed by atoms with Crippen LogP contribution in [0.1, 0.15) is 24.2 Å². The zero-order valence-electron chi connectivity index (χ0n) is 10.8. The van der Waals surface area contributed by atoms with Crippen LogP contribution in [0.5, 0.6) is 0 Å². The Morgan fingerprint density at radius 3 is 2.89 bits per heavy atom. The van der Waals surface area contributed by atoms with Crippen LogP contribution >= 0.6 is 0 Å². The number of amides is 1. The van der Waals surface area contributed by atoms with Gasteiger partial charge < -0.3 is 21.1 Å². The Hall–Kier alpha value is -2.31. The number of carboxylic acids is 1. The van der Waals surface area contributed by atoms with Gasteiger partial charge in [0.2, 0.25) is 5.91 Å². The van der Waals surface area contributed by atoms with Crippen LogP contribution < -0.4 is 16.0 Å². The predicted octanol–water partition coefficient (Wildman–Crippen LogP) is 0.0768. The van der Waals surface area contributed by atoms with Gasteiger partial charge in [-0.25, -0.2) is 9.78 Å². The van der Waals surface area contributed by atoms with E-state index in [-0.39, 0.29) is 17.2 Å². The van der Waals surface area contributed by atoms with Crippen molar-refractivity contribution in [1.29, 1.82) is 0 Å². The molecule has 1 saturated heterocycles. The van der Waals surface area contributed by atoms with Gasteiger partial charge in [-0.3, -0.25) is 4.79 Å². The Morgan fingerprint density at radius 2 is 2.26 bits per heavy atom. The maximum atomic E-state index is 11.9. The molecule has 0 aliphatic carbocycles. The van der Waals surface area contributed by atoms with Crippen molar-refractivity contribution in [1.82, 2.24) is 10.3 Å². The summed E-state index contributed by atoms with van der Waals surface area (Å²) in [7, 11) is 0. The predicted molar refractivity (Wildman–Crippen MR) is 70.0 cm³/mol. The summed E-state index contributed by atoms with van der Waals surface area (Å²) in [6.07, 6.45) is 1.31. The number of nitrogen functional groups attached to an aromatic ring is 1. The van der Waals surface area contributed by atoms with Gasteiger partial charge in [-0.2, -0.15) is 0 Å². The molecule has 0 aromatic carbocycles. The Bertz CT molecular complexity index is 542. The minimum Gasteiger partial charge on any atom is -0.478 e. The van der Waals surface area contributed by atoms with Gasteiger partial charge in [-0.15, -0.1) is 0 Å². The van der Waals surface area contributed by atoms with Gasteiger partial charge in [0.05, 0.1) is 17.4 Å². The van der Waals surface area contributed by atoms with Crippen LogP contribution in [0.4, 0.5) is 11.5 Å². The zero-order valence-corrected chi connectivity index (χ0v) is 10.8. The molecule has 0 saturated carbocycles. The fourth-order valence-corrected chi connectivity index (χ4v) is 2.09. The van der Waals surface area contributed by atoms with E-state index in [4.69, 9.17) is 10.8 Å². The number of nitrogens with two attached hydrogens (primary N) is 1. The Balaban J connectivity index is 2.44. The van der Waals surface area contributed by atoms with Crippen molar-refractivity contribution in [2.24, 2.45) is 0 Å². The molecule has 102 valence electrons. The van der Waals surface area contributed by atoms with E-state index in [1.54, 1.807) is 18.7 Å². The third-order valence-electron chi connectivity index (χ3n) is 3.28. The molecule has 4 N–H and O–H groups in total. The molecule has 1 aliphatic rings. The third kappa shape index (κ3) is 2.18. The molecule has 1 aliphatic heterocycles. The molecule has 7 heteroatoms.